The van der Waals surface area contributed by atoms with Gasteiger partial charge in [0.25, 0.3) is 11.1 Å². The summed E-state index contributed by atoms with van der Waals surface area (Å²) < 4.78 is 13.2. The summed E-state index contributed by atoms with van der Waals surface area (Å²) in [5.74, 6) is 0.728. The van der Waals surface area contributed by atoms with Crippen molar-refractivity contribution in [2.75, 3.05) is 7.11 Å². The molecule has 9 heteroatoms. The Morgan fingerprint density at radius 2 is 1.94 bits per heavy atom. The van der Waals surface area contributed by atoms with Crippen molar-refractivity contribution in [1.82, 2.24) is 9.88 Å². The maximum atomic E-state index is 12.9. The molecule has 1 aliphatic rings. The smallest absolute Gasteiger partial charge is 0.293 e. The highest BCUT2D eigenvalue weighted by Crippen LogP contribution is 2.39. The average Bonchev–Trinajstić information content (AvgIpc) is 3.07. The minimum absolute atomic E-state index is 0.242. The fourth-order valence-electron chi connectivity index (χ4n) is 3.15. The van der Waals surface area contributed by atoms with Crippen LogP contribution in [0.2, 0.25) is 0 Å². The predicted molar refractivity (Wildman–Crippen MR) is 140 cm³/mol. The molecule has 1 fully saturated rings. The summed E-state index contributed by atoms with van der Waals surface area (Å²) in [5, 5.41) is -0.286. The van der Waals surface area contributed by atoms with Crippen molar-refractivity contribution in [3.63, 3.8) is 0 Å². The van der Waals surface area contributed by atoms with E-state index in [1.165, 1.54) is 4.90 Å². The number of hydrogen-bond donors (Lipinski definition) is 0. The molecule has 168 valence electrons. The number of methoxy groups -OCH3 is 1. The quantitative estimate of drug-likeness (QED) is 0.225. The molecule has 33 heavy (non-hydrogen) atoms. The van der Waals surface area contributed by atoms with E-state index in [0.29, 0.717) is 26.4 Å². The summed E-state index contributed by atoms with van der Waals surface area (Å²) >= 11 is 6.67. The van der Waals surface area contributed by atoms with Gasteiger partial charge in [-0.15, -0.1) is 0 Å². The highest BCUT2D eigenvalue weighted by atomic mass is 127. The van der Waals surface area contributed by atoms with Crippen LogP contribution in [-0.4, -0.2) is 28.1 Å². The Labute approximate surface area is 217 Å². The van der Waals surface area contributed by atoms with Crippen LogP contribution in [0.1, 0.15) is 16.8 Å². The Bertz CT molecular complexity index is 1220. The van der Waals surface area contributed by atoms with Gasteiger partial charge in [-0.2, -0.15) is 0 Å². The molecule has 2 aromatic carbocycles. The molecule has 0 spiro atoms. The number of rotatable bonds is 7. The second kappa shape index (κ2) is 10.7. The van der Waals surface area contributed by atoms with E-state index in [9.17, 15) is 9.59 Å². The largest absolute Gasteiger partial charge is 0.493 e. The van der Waals surface area contributed by atoms with Crippen LogP contribution in [0.15, 0.2) is 70.2 Å². The maximum absolute atomic E-state index is 12.9. The van der Waals surface area contributed by atoms with E-state index >= 15 is 0 Å². The molecule has 0 saturated carbocycles. The molecule has 1 saturated heterocycles. The van der Waals surface area contributed by atoms with Gasteiger partial charge in [0, 0.05) is 9.77 Å². The lowest BCUT2D eigenvalue weighted by Crippen LogP contribution is -2.27. The number of nitrogens with zero attached hydrogens (tertiary/aromatic N) is 2. The Hall–Kier alpha value is -2.37. The molecule has 0 radical (unpaired) electrons. The first-order valence-electron chi connectivity index (χ1n) is 9.84. The SMILES string of the molecule is COc1cc(/C=C2/SC(=O)N(Cc3ccc(I)cc3)C2=O)cc(Br)c1OCc1ccccn1. The van der Waals surface area contributed by atoms with Crippen molar-refractivity contribution in [2.45, 2.75) is 13.2 Å². The van der Waals surface area contributed by atoms with Crippen LogP contribution in [0.3, 0.4) is 0 Å². The molecule has 0 aliphatic carbocycles. The highest BCUT2D eigenvalue weighted by molar-refractivity contribution is 14.1. The van der Waals surface area contributed by atoms with Crippen molar-refractivity contribution in [2.24, 2.45) is 0 Å². The first kappa shape index (κ1) is 23.8. The fourth-order valence-corrected chi connectivity index (χ4v) is 4.92. The van der Waals surface area contributed by atoms with Crippen molar-refractivity contribution in [1.29, 1.82) is 0 Å². The third kappa shape index (κ3) is 5.77. The number of imide groups is 1. The van der Waals surface area contributed by atoms with E-state index in [1.54, 1.807) is 25.4 Å². The number of aromatic nitrogens is 1. The van der Waals surface area contributed by atoms with Gasteiger partial charge in [-0.1, -0.05) is 18.2 Å². The molecule has 6 nitrogen and oxygen atoms in total. The number of hydrogen-bond acceptors (Lipinski definition) is 6. The Balaban J connectivity index is 1.53. The van der Waals surface area contributed by atoms with E-state index in [-0.39, 0.29) is 24.3 Å². The lowest BCUT2D eigenvalue weighted by Gasteiger charge is -2.14. The van der Waals surface area contributed by atoms with E-state index in [4.69, 9.17) is 9.47 Å². The van der Waals surface area contributed by atoms with Crippen molar-refractivity contribution < 1.29 is 19.1 Å². The molecule has 1 aliphatic heterocycles. The van der Waals surface area contributed by atoms with Crippen molar-refractivity contribution >= 4 is 67.5 Å². The molecular weight excluding hydrogens is 619 g/mol. The van der Waals surface area contributed by atoms with Crippen LogP contribution < -0.4 is 9.47 Å². The van der Waals surface area contributed by atoms with Crippen LogP contribution in [0.25, 0.3) is 6.08 Å². The first-order chi connectivity index (χ1) is 15.9. The second-order valence-electron chi connectivity index (χ2n) is 7.04. The van der Waals surface area contributed by atoms with Crippen molar-refractivity contribution in [3.05, 3.63) is 90.6 Å². The van der Waals surface area contributed by atoms with Crippen LogP contribution >= 0.6 is 50.3 Å². The molecule has 0 N–H and O–H groups in total. The summed E-state index contributed by atoms with van der Waals surface area (Å²) in [6, 6.07) is 16.9. The third-order valence-electron chi connectivity index (χ3n) is 4.77. The van der Waals surface area contributed by atoms with Gasteiger partial charge in [-0.25, -0.2) is 0 Å². The number of carbonyl (C=O) groups excluding carboxylic acids is 2. The minimum Gasteiger partial charge on any atom is -0.493 e. The topological polar surface area (TPSA) is 68.7 Å². The molecule has 2 amide bonds. The normalized spacial score (nSPS) is 14.8. The van der Waals surface area contributed by atoms with Gasteiger partial charge in [-0.3, -0.25) is 19.5 Å². The first-order valence-corrected chi connectivity index (χ1v) is 12.5. The lowest BCUT2D eigenvalue weighted by molar-refractivity contribution is -0.123. The number of thioether (sulfide) groups is 1. The number of carbonyl (C=O) groups is 2. The molecule has 0 bridgehead atoms. The molecule has 4 rings (SSSR count). The maximum Gasteiger partial charge on any atom is 0.293 e. The minimum atomic E-state index is -0.311. The van der Waals surface area contributed by atoms with Gasteiger partial charge in [-0.05, 0) is 104 Å². The zero-order chi connectivity index (χ0) is 23.4. The van der Waals surface area contributed by atoms with Gasteiger partial charge < -0.3 is 9.47 Å². The molecule has 0 atom stereocenters. The molecule has 0 unspecified atom stereocenters. The van der Waals surface area contributed by atoms with Gasteiger partial charge in [0.2, 0.25) is 0 Å². The van der Waals surface area contributed by atoms with Crippen molar-refractivity contribution in [3.8, 4) is 11.5 Å². The predicted octanol–water partition coefficient (Wildman–Crippen LogP) is 6.27. The number of halogens is 2. The van der Waals surface area contributed by atoms with Crippen LogP contribution in [0.5, 0.6) is 11.5 Å². The number of benzene rings is 2. The molecule has 3 aromatic rings. The Morgan fingerprint density at radius 1 is 1.15 bits per heavy atom. The highest BCUT2D eigenvalue weighted by Gasteiger charge is 2.35. The van der Waals surface area contributed by atoms with Gasteiger partial charge in [0.15, 0.2) is 11.5 Å². The van der Waals surface area contributed by atoms with E-state index in [0.717, 1.165) is 26.6 Å². The van der Waals surface area contributed by atoms with Crippen LogP contribution in [0, 0.1) is 3.57 Å². The molecular formula is C24H18BrIN2O4S. The van der Waals surface area contributed by atoms with Gasteiger partial charge in [0.05, 0.1) is 28.7 Å². The fraction of sp³-hybridized carbons (Fsp3) is 0.125. The number of amides is 2. The monoisotopic (exact) mass is 636 g/mol. The van der Waals surface area contributed by atoms with Gasteiger partial charge >= 0.3 is 0 Å². The summed E-state index contributed by atoms with van der Waals surface area (Å²) in [6.45, 7) is 0.527. The molecule has 2 heterocycles. The number of pyridine rings is 1. The lowest BCUT2D eigenvalue weighted by atomic mass is 10.1. The summed E-state index contributed by atoms with van der Waals surface area (Å²) in [5.41, 5.74) is 2.40. The summed E-state index contributed by atoms with van der Waals surface area (Å²) in [7, 11) is 1.55. The Kier molecular flexibility index (Phi) is 7.71. The van der Waals surface area contributed by atoms with Crippen LogP contribution in [-0.2, 0) is 17.9 Å². The van der Waals surface area contributed by atoms with Crippen LogP contribution in [0.4, 0.5) is 4.79 Å². The summed E-state index contributed by atoms with van der Waals surface area (Å²) in [4.78, 5) is 31.3. The Morgan fingerprint density at radius 3 is 2.64 bits per heavy atom. The standard InChI is InChI=1S/C24H18BrIN2O4S/c1-31-20-11-16(10-19(25)22(20)32-14-18-4-2-3-9-27-18)12-21-23(29)28(24(30)33-21)13-15-5-7-17(26)8-6-15/h2-12H,13-14H2,1H3/b21-12+. The van der Waals surface area contributed by atoms with E-state index in [1.807, 2.05) is 48.5 Å². The second-order valence-corrected chi connectivity index (χ2v) is 10.1. The average molecular weight is 637 g/mol. The zero-order valence-corrected chi connectivity index (χ0v) is 22.0. The van der Waals surface area contributed by atoms with E-state index in [2.05, 4.69) is 43.5 Å². The van der Waals surface area contributed by atoms with E-state index < -0.39 is 0 Å². The number of ether oxygens (including phenoxy) is 2. The zero-order valence-electron chi connectivity index (χ0n) is 17.5. The summed E-state index contributed by atoms with van der Waals surface area (Å²) in [6.07, 6.45) is 3.40. The third-order valence-corrected chi connectivity index (χ3v) is 6.98. The molecule has 1 aromatic heterocycles. The van der Waals surface area contributed by atoms with Gasteiger partial charge in [0.1, 0.15) is 6.61 Å².